The summed E-state index contributed by atoms with van der Waals surface area (Å²) in [4.78, 5) is 48.3. The maximum Gasteiger partial charge on any atom is 0.261 e. The second kappa shape index (κ2) is 13.0. The largest absolute Gasteiger partial charge is 0.379 e. The van der Waals surface area contributed by atoms with Crippen LogP contribution in [0.25, 0.3) is 0 Å². The van der Waals surface area contributed by atoms with Crippen molar-refractivity contribution in [3.8, 4) is 0 Å². The Morgan fingerprint density at radius 2 is 1.81 bits per heavy atom. The number of aromatic nitrogens is 1. The molecule has 1 aromatic rings. The SMILES string of the molecule is CCN(CC)C(=O)[C@@H]1CCCN(Cc2ccc(C(=O)NCC3(N4CCOCC4)CCCCC3)c(=O)[nH]2)C1. The van der Waals surface area contributed by atoms with E-state index in [9.17, 15) is 14.4 Å². The average Bonchev–Trinajstić information content (AvgIpc) is 2.93. The van der Waals surface area contributed by atoms with E-state index in [-0.39, 0.29) is 34.4 Å². The third kappa shape index (κ3) is 6.81. The van der Waals surface area contributed by atoms with Crippen molar-refractivity contribution < 1.29 is 14.3 Å². The van der Waals surface area contributed by atoms with Gasteiger partial charge in [-0.1, -0.05) is 19.3 Å². The van der Waals surface area contributed by atoms with Gasteiger partial charge in [-0.3, -0.25) is 24.2 Å². The zero-order valence-electron chi connectivity index (χ0n) is 22.7. The van der Waals surface area contributed by atoms with Crippen LogP contribution in [0.5, 0.6) is 0 Å². The number of ether oxygens (including phenoxy) is 1. The van der Waals surface area contributed by atoms with E-state index in [1.54, 1.807) is 6.07 Å². The number of pyridine rings is 1. The van der Waals surface area contributed by atoms with Crippen molar-refractivity contribution in [3.63, 3.8) is 0 Å². The lowest BCUT2D eigenvalue weighted by Crippen LogP contribution is -2.59. The standard InChI is InChI=1S/C28H45N5O4/c1-3-32(4-2)27(36)22-9-8-14-31(19-22)20-23-10-11-24(26(35)30-23)25(34)29-21-28(12-6-5-7-13-28)33-15-17-37-18-16-33/h10-11,22H,3-9,12-21H2,1-2H3,(H,29,34)(H,30,35)/t22-/m1/s1. The molecule has 0 unspecified atom stereocenters. The summed E-state index contributed by atoms with van der Waals surface area (Å²) in [5.74, 6) is -0.0825. The molecule has 0 radical (unpaired) electrons. The zero-order valence-corrected chi connectivity index (χ0v) is 22.7. The Labute approximate surface area is 220 Å². The molecular weight excluding hydrogens is 470 g/mol. The molecule has 3 aliphatic rings. The molecule has 0 spiro atoms. The Balaban J connectivity index is 1.35. The number of aromatic amines is 1. The maximum absolute atomic E-state index is 13.0. The summed E-state index contributed by atoms with van der Waals surface area (Å²) in [6, 6.07) is 3.48. The van der Waals surface area contributed by atoms with Gasteiger partial charge in [0.1, 0.15) is 5.56 Å². The van der Waals surface area contributed by atoms with E-state index in [4.69, 9.17) is 4.74 Å². The molecule has 3 heterocycles. The molecule has 1 aromatic heterocycles. The first-order chi connectivity index (χ1) is 18.0. The van der Waals surface area contributed by atoms with E-state index in [0.717, 1.165) is 77.3 Å². The maximum atomic E-state index is 13.0. The molecule has 0 aromatic carbocycles. The van der Waals surface area contributed by atoms with E-state index in [1.165, 1.54) is 19.3 Å². The third-order valence-electron chi connectivity index (χ3n) is 8.58. The highest BCUT2D eigenvalue weighted by Crippen LogP contribution is 2.34. The van der Waals surface area contributed by atoms with Crippen molar-refractivity contribution in [1.29, 1.82) is 0 Å². The quantitative estimate of drug-likeness (QED) is 0.524. The van der Waals surface area contributed by atoms with Crippen LogP contribution in [-0.4, -0.2) is 96.1 Å². The Kier molecular flexibility index (Phi) is 9.78. The van der Waals surface area contributed by atoms with Crippen molar-refractivity contribution in [2.24, 2.45) is 5.92 Å². The molecule has 2 N–H and O–H groups in total. The van der Waals surface area contributed by atoms with E-state index in [1.807, 2.05) is 24.8 Å². The molecule has 4 rings (SSSR count). The fourth-order valence-electron chi connectivity index (χ4n) is 6.41. The molecule has 1 atom stereocenters. The summed E-state index contributed by atoms with van der Waals surface area (Å²) in [5, 5.41) is 3.09. The molecule has 3 fully saturated rings. The van der Waals surface area contributed by atoms with Crippen LogP contribution in [0, 0.1) is 5.92 Å². The van der Waals surface area contributed by atoms with Crippen molar-refractivity contribution in [2.75, 3.05) is 59.0 Å². The van der Waals surface area contributed by atoms with Gasteiger partial charge in [-0.25, -0.2) is 0 Å². The van der Waals surface area contributed by atoms with Gasteiger partial charge in [0.2, 0.25) is 5.91 Å². The average molecular weight is 516 g/mol. The summed E-state index contributed by atoms with van der Waals surface area (Å²) < 4.78 is 5.55. The molecule has 1 saturated carbocycles. The minimum absolute atomic E-state index is 0.00370. The fourth-order valence-corrected chi connectivity index (χ4v) is 6.41. The predicted octanol–water partition coefficient (Wildman–Crippen LogP) is 2.22. The monoisotopic (exact) mass is 515 g/mol. The summed E-state index contributed by atoms with van der Waals surface area (Å²) >= 11 is 0. The molecule has 1 aliphatic carbocycles. The molecule has 2 aliphatic heterocycles. The van der Waals surface area contributed by atoms with Crippen LogP contribution in [-0.2, 0) is 16.1 Å². The lowest BCUT2D eigenvalue weighted by Gasteiger charge is -2.48. The first-order valence-electron chi connectivity index (χ1n) is 14.3. The minimum atomic E-state index is -0.355. The molecular formula is C28H45N5O4. The van der Waals surface area contributed by atoms with Crippen LogP contribution in [0.4, 0.5) is 0 Å². The van der Waals surface area contributed by atoms with Crippen molar-refractivity contribution in [1.82, 2.24) is 25.0 Å². The number of nitrogens with zero attached hydrogens (tertiary/aromatic N) is 3. The van der Waals surface area contributed by atoms with Crippen LogP contribution in [0.15, 0.2) is 16.9 Å². The number of rotatable bonds is 9. The van der Waals surface area contributed by atoms with E-state index in [0.29, 0.717) is 19.6 Å². The highest BCUT2D eigenvalue weighted by molar-refractivity contribution is 5.93. The number of nitrogens with one attached hydrogen (secondary N) is 2. The van der Waals surface area contributed by atoms with E-state index in [2.05, 4.69) is 20.1 Å². The number of likely N-dealkylation sites (tertiary alicyclic amines) is 1. The molecule has 9 heteroatoms. The predicted molar refractivity (Wildman–Crippen MR) is 144 cm³/mol. The van der Waals surface area contributed by atoms with Gasteiger partial charge in [-0.2, -0.15) is 0 Å². The van der Waals surface area contributed by atoms with Crippen molar-refractivity contribution in [3.05, 3.63) is 33.7 Å². The molecule has 206 valence electrons. The topological polar surface area (TPSA) is 98.0 Å². The molecule has 9 nitrogen and oxygen atoms in total. The highest BCUT2D eigenvalue weighted by atomic mass is 16.5. The highest BCUT2D eigenvalue weighted by Gasteiger charge is 2.39. The number of amides is 2. The van der Waals surface area contributed by atoms with Gasteiger partial charge in [0.15, 0.2) is 0 Å². The smallest absolute Gasteiger partial charge is 0.261 e. The Morgan fingerprint density at radius 1 is 1.08 bits per heavy atom. The van der Waals surface area contributed by atoms with Crippen LogP contribution < -0.4 is 10.9 Å². The zero-order chi connectivity index (χ0) is 26.3. The van der Waals surface area contributed by atoms with Crippen LogP contribution in [0.1, 0.15) is 74.8 Å². The number of piperidine rings is 1. The first kappa shape index (κ1) is 27.8. The van der Waals surface area contributed by atoms with Gasteiger partial charge in [-0.05, 0) is 58.2 Å². The first-order valence-corrected chi connectivity index (χ1v) is 14.3. The minimum Gasteiger partial charge on any atom is -0.379 e. The second-order valence-electron chi connectivity index (χ2n) is 10.9. The summed E-state index contributed by atoms with van der Waals surface area (Å²) in [7, 11) is 0. The number of carbonyl (C=O) groups excluding carboxylic acids is 2. The van der Waals surface area contributed by atoms with Gasteiger partial charge < -0.3 is 19.9 Å². The molecule has 0 bridgehead atoms. The Bertz CT molecular complexity index is 964. The van der Waals surface area contributed by atoms with Crippen LogP contribution >= 0.6 is 0 Å². The van der Waals surface area contributed by atoms with E-state index >= 15 is 0 Å². The number of hydrogen-bond donors (Lipinski definition) is 2. The van der Waals surface area contributed by atoms with Gasteiger partial charge in [-0.15, -0.1) is 0 Å². The lowest BCUT2D eigenvalue weighted by atomic mass is 9.79. The third-order valence-corrected chi connectivity index (χ3v) is 8.58. The van der Waals surface area contributed by atoms with Crippen molar-refractivity contribution in [2.45, 2.75) is 70.9 Å². The lowest BCUT2D eigenvalue weighted by molar-refractivity contribution is -0.137. The molecule has 2 saturated heterocycles. The number of H-pyrrole nitrogens is 1. The summed E-state index contributed by atoms with van der Waals surface area (Å²) in [6.07, 6.45) is 7.58. The molecule has 2 amide bonds. The van der Waals surface area contributed by atoms with Gasteiger partial charge in [0, 0.05) is 57.0 Å². The van der Waals surface area contributed by atoms with E-state index < -0.39 is 0 Å². The van der Waals surface area contributed by atoms with Crippen LogP contribution in [0.2, 0.25) is 0 Å². The fraction of sp³-hybridized carbons (Fsp3) is 0.750. The molecule has 37 heavy (non-hydrogen) atoms. The van der Waals surface area contributed by atoms with Crippen molar-refractivity contribution >= 4 is 11.8 Å². The summed E-state index contributed by atoms with van der Waals surface area (Å²) in [5.41, 5.74) is 0.531. The van der Waals surface area contributed by atoms with Gasteiger partial charge in [0.25, 0.3) is 11.5 Å². The Morgan fingerprint density at radius 3 is 2.49 bits per heavy atom. The summed E-state index contributed by atoms with van der Waals surface area (Å²) in [6.45, 7) is 11.5. The number of carbonyl (C=O) groups is 2. The second-order valence-corrected chi connectivity index (χ2v) is 10.9. The Hall–Kier alpha value is -2.23. The van der Waals surface area contributed by atoms with Gasteiger partial charge in [0.05, 0.1) is 19.1 Å². The van der Waals surface area contributed by atoms with Gasteiger partial charge >= 0.3 is 0 Å². The number of morpholine rings is 1. The number of hydrogen-bond acceptors (Lipinski definition) is 6. The normalized spacial score (nSPS) is 22.9. The van der Waals surface area contributed by atoms with Crippen LogP contribution in [0.3, 0.4) is 0 Å².